The minimum Gasteiger partial charge on any atom is -0.306 e. The molecular weight excluding hydrogens is 446 g/mol. The molecule has 1 saturated heterocycles. The van der Waals surface area contributed by atoms with Crippen molar-refractivity contribution in [2.75, 3.05) is 13.1 Å². The van der Waals surface area contributed by atoms with Gasteiger partial charge in [0.25, 0.3) is 0 Å². The van der Waals surface area contributed by atoms with Gasteiger partial charge in [-0.05, 0) is 47.5 Å². The minimum absolute atomic E-state index is 0.00794. The van der Waals surface area contributed by atoms with Crippen molar-refractivity contribution in [3.8, 4) is 18.5 Å². The second-order valence-electron chi connectivity index (χ2n) is 5.32. The molecule has 0 aromatic heterocycles. The highest BCUT2D eigenvalue weighted by Gasteiger charge is 2.39. The third-order valence-corrected chi connectivity index (χ3v) is 7.20. The fourth-order valence-corrected chi connectivity index (χ4v) is 5.66. The number of nitrogens with zero attached hydrogens (tertiary/aromatic N) is 3. The van der Waals surface area contributed by atoms with Crippen LogP contribution in [0.25, 0.3) is 0 Å². The van der Waals surface area contributed by atoms with Gasteiger partial charge in [0, 0.05) is 27.6 Å². The summed E-state index contributed by atoms with van der Waals surface area (Å²) < 4.78 is 28.6. The predicted molar refractivity (Wildman–Crippen MR) is 94.8 cm³/mol. The molecular formula is C15H15Br2N3O2S. The molecule has 1 aliphatic heterocycles. The van der Waals surface area contributed by atoms with Crippen LogP contribution in [0.5, 0.6) is 0 Å². The monoisotopic (exact) mass is 459 g/mol. The maximum absolute atomic E-state index is 13.1. The van der Waals surface area contributed by atoms with Crippen molar-refractivity contribution in [2.24, 2.45) is 0 Å². The van der Waals surface area contributed by atoms with Crippen LogP contribution in [-0.4, -0.2) is 42.8 Å². The number of nitriles is 1. The summed E-state index contributed by atoms with van der Waals surface area (Å²) in [5.41, 5.74) is 0. The Balaban J connectivity index is 2.43. The average molecular weight is 461 g/mol. The Morgan fingerprint density at radius 3 is 2.74 bits per heavy atom. The van der Waals surface area contributed by atoms with Crippen LogP contribution in [0, 0.1) is 23.8 Å². The normalized spacial score (nSPS) is 21.2. The number of sulfonamides is 1. The molecule has 0 bridgehead atoms. The SMILES string of the molecule is C#CCN([C@@H]1C[C@H](C)N(C#N)C1)S(=O)(=O)c1cc(Br)ccc1Br. The van der Waals surface area contributed by atoms with Crippen LogP contribution in [0.2, 0.25) is 0 Å². The van der Waals surface area contributed by atoms with E-state index in [1.54, 1.807) is 23.1 Å². The van der Waals surface area contributed by atoms with Gasteiger partial charge in [-0.15, -0.1) is 6.42 Å². The van der Waals surface area contributed by atoms with Crippen molar-refractivity contribution in [3.05, 3.63) is 27.1 Å². The van der Waals surface area contributed by atoms with Crippen LogP contribution >= 0.6 is 31.9 Å². The lowest BCUT2D eigenvalue weighted by atomic mass is 10.2. The Bertz CT molecular complexity index is 783. The molecule has 122 valence electrons. The molecule has 2 rings (SSSR count). The number of benzene rings is 1. The molecule has 1 heterocycles. The topological polar surface area (TPSA) is 64.4 Å². The summed E-state index contributed by atoms with van der Waals surface area (Å²) >= 11 is 6.59. The van der Waals surface area contributed by atoms with Crippen LogP contribution in [0.15, 0.2) is 32.0 Å². The van der Waals surface area contributed by atoms with E-state index < -0.39 is 10.0 Å². The molecule has 0 unspecified atom stereocenters. The van der Waals surface area contributed by atoms with Gasteiger partial charge in [-0.2, -0.15) is 9.57 Å². The van der Waals surface area contributed by atoms with E-state index in [9.17, 15) is 8.42 Å². The maximum atomic E-state index is 13.1. The van der Waals surface area contributed by atoms with Crippen molar-refractivity contribution >= 4 is 41.9 Å². The highest BCUT2D eigenvalue weighted by molar-refractivity contribution is 9.11. The molecule has 2 atom stereocenters. The van der Waals surface area contributed by atoms with Crippen molar-refractivity contribution in [1.29, 1.82) is 5.26 Å². The average Bonchev–Trinajstić information content (AvgIpc) is 2.87. The molecule has 0 amide bonds. The summed E-state index contributed by atoms with van der Waals surface area (Å²) in [7, 11) is -3.78. The second-order valence-corrected chi connectivity index (χ2v) is 8.95. The largest absolute Gasteiger partial charge is 0.306 e. The number of hydrogen-bond donors (Lipinski definition) is 0. The Morgan fingerprint density at radius 2 is 2.17 bits per heavy atom. The van der Waals surface area contributed by atoms with Crippen LogP contribution in [0.1, 0.15) is 13.3 Å². The van der Waals surface area contributed by atoms with E-state index in [4.69, 9.17) is 11.7 Å². The fourth-order valence-electron chi connectivity index (χ4n) is 2.65. The van der Waals surface area contributed by atoms with E-state index in [1.165, 1.54) is 4.31 Å². The molecule has 0 N–H and O–H groups in total. The summed E-state index contributed by atoms with van der Waals surface area (Å²) in [6, 6.07) is 4.64. The number of hydrogen-bond acceptors (Lipinski definition) is 4. The van der Waals surface area contributed by atoms with Crippen LogP contribution in [-0.2, 0) is 10.0 Å². The zero-order chi connectivity index (χ0) is 17.2. The quantitative estimate of drug-likeness (QED) is 0.511. The minimum atomic E-state index is -3.78. The van der Waals surface area contributed by atoms with Crippen molar-refractivity contribution < 1.29 is 8.42 Å². The van der Waals surface area contributed by atoms with Crippen molar-refractivity contribution in [1.82, 2.24) is 9.21 Å². The molecule has 0 saturated carbocycles. The van der Waals surface area contributed by atoms with Gasteiger partial charge in [0.15, 0.2) is 6.19 Å². The highest BCUT2D eigenvalue weighted by Crippen LogP contribution is 2.31. The Kier molecular flexibility index (Phi) is 5.74. The van der Waals surface area contributed by atoms with Crippen LogP contribution < -0.4 is 0 Å². The van der Waals surface area contributed by atoms with E-state index >= 15 is 0 Å². The van der Waals surface area contributed by atoms with Crippen molar-refractivity contribution in [3.63, 3.8) is 0 Å². The van der Waals surface area contributed by atoms with Crippen LogP contribution in [0.4, 0.5) is 0 Å². The zero-order valence-electron chi connectivity index (χ0n) is 12.4. The third kappa shape index (κ3) is 3.72. The Hall–Kier alpha value is -1.06. The molecule has 23 heavy (non-hydrogen) atoms. The molecule has 8 heteroatoms. The fraction of sp³-hybridized carbons (Fsp3) is 0.400. The highest BCUT2D eigenvalue weighted by atomic mass is 79.9. The predicted octanol–water partition coefficient (Wildman–Crippen LogP) is 2.78. The number of halogens is 2. The maximum Gasteiger partial charge on any atom is 0.245 e. The van der Waals surface area contributed by atoms with E-state index in [2.05, 4.69) is 44.0 Å². The van der Waals surface area contributed by atoms with Gasteiger partial charge in [-0.3, -0.25) is 0 Å². The van der Waals surface area contributed by atoms with E-state index in [1.807, 2.05) is 6.92 Å². The Morgan fingerprint density at radius 1 is 1.48 bits per heavy atom. The third-order valence-electron chi connectivity index (χ3n) is 3.82. The Labute approximate surface area is 153 Å². The van der Waals surface area contributed by atoms with Gasteiger partial charge in [-0.25, -0.2) is 8.42 Å². The molecule has 1 aromatic rings. The standard InChI is InChI=1S/C15H15Br2N3O2S/c1-3-6-20(13-7-11(2)19(9-13)10-18)23(21,22)15-8-12(16)4-5-14(15)17/h1,4-5,8,11,13H,6-7,9H2,2H3/t11-,13+/m0/s1. The van der Waals surface area contributed by atoms with Gasteiger partial charge < -0.3 is 4.90 Å². The molecule has 1 aliphatic rings. The zero-order valence-corrected chi connectivity index (χ0v) is 16.4. The lowest BCUT2D eigenvalue weighted by Gasteiger charge is -2.26. The lowest BCUT2D eigenvalue weighted by molar-refractivity contribution is 0.342. The number of terminal acetylenes is 1. The second kappa shape index (κ2) is 7.23. The summed E-state index contributed by atoms with van der Waals surface area (Å²) in [5.74, 6) is 2.42. The van der Waals surface area contributed by atoms with Gasteiger partial charge in [0.1, 0.15) is 0 Å². The molecule has 1 aromatic carbocycles. The summed E-state index contributed by atoms with van der Waals surface area (Å²) in [4.78, 5) is 1.74. The van der Waals surface area contributed by atoms with Crippen LogP contribution in [0.3, 0.4) is 0 Å². The van der Waals surface area contributed by atoms with E-state index in [0.29, 0.717) is 21.9 Å². The molecule has 1 fully saturated rings. The molecule has 0 spiro atoms. The smallest absolute Gasteiger partial charge is 0.245 e. The van der Waals surface area contributed by atoms with Gasteiger partial charge >= 0.3 is 0 Å². The van der Waals surface area contributed by atoms with Crippen molar-refractivity contribution in [2.45, 2.75) is 30.3 Å². The molecule has 5 nitrogen and oxygen atoms in total. The van der Waals surface area contributed by atoms with E-state index in [-0.39, 0.29) is 23.5 Å². The number of likely N-dealkylation sites (tertiary alicyclic amines) is 1. The first kappa shape index (κ1) is 18.3. The summed E-state index contributed by atoms with van der Waals surface area (Å²) in [5, 5.41) is 9.12. The number of rotatable bonds is 4. The van der Waals surface area contributed by atoms with E-state index in [0.717, 1.165) is 0 Å². The first-order valence-electron chi connectivity index (χ1n) is 6.88. The molecule has 0 radical (unpaired) electrons. The first-order chi connectivity index (χ1) is 10.8. The molecule has 0 aliphatic carbocycles. The van der Waals surface area contributed by atoms with Gasteiger partial charge in [0.05, 0.1) is 11.4 Å². The summed E-state index contributed by atoms with van der Waals surface area (Å²) in [6.45, 7) is 2.22. The van der Waals surface area contributed by atoms with Gasteiger partial charge in [-0.1, -0.05) is 21.9 Å². The summed E-state index contributed by atoms with van der Waals surface area (Å²) in [6.07, 6.45) is 8.05. The first-order valence-corrected chi connectivity index (χ1v) is 9.90. The van der Waals surface area contributed by atoms with Gasteiger partial charge in [0.2, 0.25) is 10.0 Å². The lowest BCUT2D eigenvalue weighted by Crippen LogP contribution is -2.42.